The Balaban J connectivity index is 1.99. The van der Waals surface area contributed by atoms with Gasteiger partial charge in [-0.3, -0.25) is 9.63 Å². The number of aromatic nitrogens is 1. The van der Waals surface area contributed by atoms with E-state index in [1.165, 1.54) is 7.05 Å². The van der Waals surface area contributed by atoms with Gasteiger partial charge in [-0.25, -0.2) is 14.8 Å². The van der Waals surface area contributed by atoms with Crippen LogP contribution in [0.4, 0.5) is 4.79 Å². The van der Waals surface area contributed by atoms with Crippen LogP contribution in [0.5, 0.6) is 0 Å². The van der Waals surface area contributed by atoms with E-state index in [-0.39, 0.29) is 13.0 Å². The third-order valence-corrected chi connectivity index (χ3v) is 5.42. The Bertz CT molecular complexity index is 797. The van der Waals surface area contributed by atoms with Gasteiger partial charge in [0.05, 0.1) is 6.42 Å². The molecule has 150 valence electrons. The van der Waals surface area contributed by atoms with E-state index in [4.69, 9.17) is 14.7 Å². The van der Waals surface area contributed by atoms with Crippen LogP contribution in [0.2, 0.25) is 0 Å². The highest BCUT2D eigenvalue weighted by atomic mass is 32.3. The highest BCUT2D eigenvalue weighted by Gasteiger charge is 2.15. The van der Waals surface area contributed by atoms with E-state index in [0.717, 1.165) is 27.4 Å². The maximum Gasteiger partial charge on any atom is 0.433 e. The largest absolute Gasteiger partial charge is 0.481 e. The fourth-order valence-electron chi connectivity index (χ4n) is 2.54. The summed E-state index contributed by atoms with van der Waals surface area (Å²) < 4.78 is 7.14. The molecule has 8 heteroatoms. The Kier molecular flexibility index (Phi) is 7.15. The second kappa shape index (κ2) is 9.14. The molecule has 1 aromatic carbocycles. The number of carbonyl (C=O) groups excluding carboxylic acids is 1. The Morgan fingerprint density at radius 2 is 1.93 bits per heavy atom. The minimum Gasteiger partial charge on any atom is -0.481 e. The van der Waals surface area contributed by atoms with Crippen LogP contribution in [-0.4, -0.2) is 65.0 Å². The molecule has 27 heavy (non-hydrogen) atoms. The monoisotopic (exact) mass is 396 g/mol. The van der Waals surface area contributed by atoms with Crippen molar-refractivity contribution < 1.29 is 24.3 Å². The molecule has 2 rings (SSSR count). The number of carbonyl (C=O) groups is 2. The number of hydroxylamine groups is 2. The van der Waals surface area contributed by atoms with E-state index in [1.807, 2.05) is 34.9 Å². The molecule has 0 aliphatic rings. The van der Waals surface area contributed by atoms with Gasteiger partial charge in [0.15, 0.2) is 0 Å². The lowest BCUT2D eigenvalue weighted by atomic mass is 10.2. The molecule has 0 saturated heterocycles. The molecule has 1 amide bonds. The first-order chi connectivity index (χ1) is 12.7. The van der Waals surface area contributed by atoms with Crippen LogP contribution in [-0.2, 0) is 27.5 Å². The lowest BCUT2D eigenvalue weighted by molar-refractivity contribution is -0.137. The summed E-state index contributed by atoms with van der Waals surface area (Å²) in [4.78, 5) is 28.5. The number of nitrogens with zero attached hydrogens (tertiary/aromatic N) is 2. The van der Waals surface area contributed by atoms with Gasteiger partial charge in [0.25, 0.3) is 0 Å². The normalized spacial score (nSPS) is 12.1. The predicted molar refractivity (Wildman–Crippen MR) is 108 cm³/mol. The van der Waals surface area contributed by atoms with Crippen molar-refractivity contribution in [3.8, 4) is 0 Å². The first-order valence-electron chi connectivity index (χ1n) is 8.66. The Hall–Kier alpha value is -2.19. The van der Waals surface area contributed by atoms with E-state index in [2.05, 4.69) is 18.8 Å². The molecule has 7 nitrogen and oxygen atoms in total. The molecule has 0 aliphatic carbocycles. The van der Waals surface area contributed by atoms with Crippen molar-refractivity contribution in [3.05, 3.63) is 36.0 Å². The molecule has 0 bridgehead atoms. The van der Waals surface area contributed by atoms with Crippen LogP contribution < -0.4 is 0 Å². The van der Waals surface area contributed by atoms with Gasteiger partial charge in [0, 0.05) is 30.6 Å². The van der Waals surface area contributed by atoms with Crippen molar-refractivity contribution >= 4 is 33.0 Å². The number of hydrogen-bond acceptors (Lipinski definition) is 4. The molecule has 1 N–H and O–H groups in total. The van der Waals surface area contributed by atoms with Crippen LogP contribution in [0.25, 0.3) is 10.9 Å². The van der Waals surface area contributed by atoms with Gasteiger partial charge in [-0.15, -0.1) is 0 Å². The first-order valence-corrected chi connectivity index (χ1v) is 11.7. The van der Waals surface area contributed by atoms with E-state index >= 15 is 0 Å². The summed E-state index contributed by atoms with van der Waals surface area (Å²) in [6.07, 6.45) is 5.97. The van der Waals surface area contributed by atoms with Gasteiger partial charge in [-0.2, -0.15) is 5.06 Å². The standard InChI is InChI=1S/C19H28N2O5S/c1-20(19(24)25-11-12-27(2,3)4)26-14-16-13-15-7-5-6-8-17(15)21(16)10-9-18(22)23/h5-8,13H,9-12,14H2,1-4H3,(H,22,23). The number of para-hydroxylation sites is 1. The van der Waals surface area contributed by atoms with Crippen LogP contribution in [0, 0.1) is 0 Å². The van der Waals surface area contributed by atoms with Crippen molar-refractivity contribution in [1.82, 2.24) is 9.63 Å². The number of aryl methyl sites for hydroxylation is 1. The molecule has 0 saturated carbocycles. The van der Waals surface area contributed by atoms with Crippen molar-refractivity contribution in [2.75, 3.05) is 38.2 Å². The third kappa shape index (κ3) is 6.48. The molecule has 0 radical (unpaired) electrons. The number of aliphatic carboxylic acids is 1. The van der Waals surface area contributed by atoms with Gasteiger partial charge < -0.3 is 14.4 Å². The van der Waals surface area contributed by atoms with Crippen LogP contribution >= 0.6 is 10.0 Å². The summed E-state index contributed by atoms with van der Waals surface area (Å²) in [5, 5.41) is 11.1. The van der Waals surface area contributed by atoms with E-state index in [9.17, 15) is 9.59 Å². The smallest absolute Gasteiger partial charge is 0.433 e. The molecule has 1 heterocycles. The van der Waals surface area contributed by atoms with Gasteiger partial charge in [0.1, 0.15) is 13.2 Å². The maximum absolute atomic E-state index is 12.0. The zero-order valence-corrected chi connectivity index (χ0v) is 17.1. The summed E-state index contributed by atoms with van der Waals surface area (Å²) in [6.45, 7) is 0.846. The number of amides is 1. The maximum atomic E-state index is 12.0. The first kappa shape index (κ1) is 21.1. The Labute approximate surface area is 161 Å². The fraction of sp³-hybridized carbons (Fsp3) is 0.474. The molecule has 2 aromatic rings. The average Bonchev–Trinajstić information content (AvgIpc) is 2.94. The van der Waals surface area contributed by atoms with Gasteiger partial charge >= 0.3 is 12.1 Å². The number of rotatable bonds is 9. The van der Waals surface area contributed by atoms with E-state index in [0.29, 0.717) is 13.2 Å². The van der Waals surface area contributed by atoms with Crippen LogP contribution in [0.1, 0.15) is 12.1 Å². The lowest BCUT2D eigenvalue weighted by Gasteiger charge is -2.25. The minimum atomic E-state index is -0.860. The number of carboxylic acids is 1. The molecule has 0 aliphatic heterocycles. The summed E-state index contributed by atoms with van der Waals surface area (Å²) in [5.41, 5.74) is 1.74. The quantitative estimate of drug-likeness (QED) is 0.658. The van der Waals surface area contributed by atoms with Crippen molar-refractivity contribution in [2.24, 2.45) is 0 Å². The number of fused-ring (bicyclic) bond motifs is 1. The van der Waals surface area contributed by atoms with Gasteiger partial charge in [0.2, 0.25) is 0 Å². The second-order valence-corrected chi connectivity index (χ2v) is 11.8. The highest BCUT2D eigenvalue weighted by molar-refractivity contribution is 8.32. The number of hydrogen-bond donors (Lipinski definition) is 1. The number of benzene rings is 1. The molecule has 0 fully saturated rings. The van der Waals surface area contributed by atoms with E-state index < -0.39 is 22.1 Å². The average molecular weight is 397 g/mol. The van der Waals surface area contributed by atoms with E-state index in [1.54, 1.807) is 0 Å². The predicted octanol–water partition coefficient (Wildman–Crippen LogP) is 3.31. The summed E-state index contributed by atoms with van der Waals surface area (Å²) in [6, 6.07) is 9.68. The number of carboxylic acid groups (broad SMARTS) is 1. The lowest BCUT2D eigenvalue weighted by Crippen LogP contribution is -2.29. The van der Waals surface area contributed by atoms with Crippen molar-refractivity contribution in [1.29, 1.82) is 0 Å². The minimum absolute atomic E-state index is 0.0126. The summed E-state index contributed by atoms with van der Waals surface area (Å²) in [5.74, 6) is -0.0166. The molecular weight excluding hydrogens is 368 g/mol. The molecular formula is C19H28N2O5S. The zero-order valence-electron chi connectivity index (χ0n) is 16.3. The Morgan fingerprint density at radius 3 is 2.59 bits per heavy atom. The fourth-order valence-corrected chi connectivity index (χ4v) is 3.13. The van der Waals surface area contributed by atoms with Crippen molar-refractivity contribution in [3.63, 3.8) is 0 Å². The molecule has 0 spiro atoms. The van der Waals surface area contributed by atoms with Crippen LogP contribution in [0.15, 0.2) is 30.3 Å². The van der Waals surface area contributed by atoms with Crippen molar-refractivity contribution in [2.45, 2.75) is 19.6 Å². The molecule has 0 unspecified atom stereocenters. The second-order valence-electron chi connectivity index (χ2n) is 7.17. The number of ether oxygens (including phenoxy) is 1. The molecule has 1 aromatic heterocycles. The SMILES string of the molecule is CN(OCc1cc2ccccc2n1CCC(=O)O)C(=O)OCCS(C)(C)C. The highest BCUT2D eigenvalue weighted by Crippen LogP contribution is 2.33. The molecule has 0 atom stereocenters. The topological polar surface area (TPSA) is 81.0 Å². The summed E-state index contributed by atoms with van der Waals surface area (Å²) in [7, 11) is 0.788. The van der Waals surface area contributed by atoms with Gasteiger partial charge in [-0.05, 0) is 36.3 Å². The zero-order chi connectivity index (χ0) is 20.0. The van der Waals surface area contributed by atoms with Crippen LogP contribution in [0.3, 0.4) is 0 Å². The van der Waals surface area contributed by atoms with Gasteiger partial charge in [-0.1, -0.05) is 18.2 Å². The Morgan fingerprint density at radius 1 is 1.22 bits per heavy atom. The third-order valence-electron chi connectivity index (χ3n) is 4.03. The summed E-state index contributed by atoms with van der Waals surface area (Å²) >= 11 is 0.